The van der Waals surface area contributed by atoms with Crippen LogP contribution in [-0.2, 0) is 11.2 Å². The average Bonchev–Trinajstić information content (AvgIpc) is 3.15. The summed E-state index contributed by atoms with van der Waals surface area (Å²) in [6, 6.07) is 12.3. The van der Waals surface area contributed by atoms with Crippen LogP contribution in [0.3, 0.4) is 0 Å². The number of pyridine rings is 1. The highest BCUT2D eigenvalue weighted by molar-refractivity contribution is 5.97. The molecule has 3 aromatic rings. The molecule has 1 aliphatic heterocycles. The molecular weight excluding hydrogens is 362 g/mol. The number of rotatable bonds is 5. The lowest BCUT2D eigenvalue weighted by atomic mass is 10.2. The Morgan fingerprint density at radius 3 is 2.89 bits per heavy atom. The van der Waals surface area contributed by atoms with Crippen molar-refractivity contribution in [3.63, 3.8) is 0 Å². The number of aliphatic hydroxyl groups excluding tert-OH is 1. The van der Waals surface area contributed by atoms with Gasteiger partial charge in [0, 0.05) is 13.2 Å². The Hall–Kier alpha value is -3.30. The molecule has 4 rings (SSSR count). The summed E-state index contributed by atoms with van der Waals surface area (Å²) in [5.41, 5.74) is 1.01. The minimum absolute atomic E-state index is 0.0127. The molecule has 0 spiro atoms. The quantitative estimate of drug-likeness (QED) is 0.631. The number of benzene rings is 1. The molecule has 144 valence electrons. The van der Waals surface area contributed by atoms with E-state index in [1.807, 2.05) is 30.3 Å². The van der Waals surface area contributed by atoms with Crippen LogP contribution in [0.5, 0.6) is 5.75 Å². The Morgan fingerprint density at radius 2 is 2.07 bits per heavy atom. The topological polar surface area (TPSA) is 114 Å². The van der Waals surface area contributed by atoms with Crippen molar-refractivity contribution >= 4 is 11.7 Å². The van der Waals surface area contributed by atoms with Crippen molar-refractivity contribution in [2.75, 3.05) is 18.6 Å². The van der Waals surface area contributed by atoms with Crippen molar-refractivity contribution in [3.8, 4) is 5.75 Å². The lowest BCUT2D eigenvalue weighted by Crippen LogP contribution is -2.48. The Morgan fingerprint density at radius 1 is 1.25 bits per heavy atom. The van der Waals surface area contributed by atoms with Gasteiger partial charge in [-0.3, -0.25) is 15.0 Å². The summed E-state index contributed by atoms with van der Waals surface area (Å²) in [6.45, 7) is 0.0317. The van der Waals surface area contributed by atoms with Crippen molar-refractivity contribution in [3.05, 3.63) is 66.0 Å². The first-order valence-electron chi connectivity index (χ1n) is 8.77. The van der Waals surface area contributed by atoms with Gasteiger partial charge in [-0.05, 0) is 17.7 Å². The maximum absolute atomic E-state index is 12.7. The van der Waals surface area contributed by atoms with Crippen molar-refractivity contribution in [2.24, 2.45) is 0 Å². The number of likely N-dealkylation sites (N-methyl/N-ethyl adjacent to an activating group) is 1. The van der Waals surface area contributed by atoms with E-state index in [9.17, 15) is 9.90 Å². The second-order valence-electron chi connectivity index (χ2n) is 6.35. The van der Waals surface area contributed by atoms with Crippen LogP contribution < -0.4 is 15.0 Å². The highest BCUT2D eigenvalue weighted by atomic mass is 16.5. The molecular formula is C19H19N5O4. The maximum atomic E-state index is 12.7. The molecule has 0 bridgehead atoms. The summed E-state index contributed by atoms with van der Waals surface area (Å²) in [5.74, 6) is 0.996. The molecule has 9 nitrogen and oxygen atoms in total. The second kappa shape index (κ2) is 7.75. The van der Waals surface area contributed by atoms with E-state index in [0.29, 0.717) is 23.9 Å². The molecule has 3 heterocycles. The predicted molar refractivity (Wildman–Crippen MR) is 98.6 cm³/mol. The molecule has 2 aromatic heterocycles. The number of nitrogens with zero attached hydrogens (tertiary/aromatic N) is 4. The number of aromatic nitrogens is 3. The van der Waals surface area contributed by atoms with Gasteiger partial charge < -0.3 is 14.3 Å². The molecule has 0 fully saturated rings. The van der Waals surface area contributed by atoms with E-state index < -0.39 is 12.3 Å². The van der Waals surface area contributed by atoms with Gasteiger partial charge in [0.1, 0.15) is 12.6 Å². The van der Waals surface area contributed by atoms with Gasteiger partial charge in [0.2, 0.25) is 11.8 Å². The number of carbonyl (C=O) groups is 1. The lowest BCUT2D eigenvalue weighted by molar-refractivity contribution is -0.121. The molecule has 9 heteroatoms. The number of nitrogens with one attached hydrogen (secondary N) is 1. The fourth-order valence-electron chi connectivity index (χ4n) is 2.93. The third-order valence-electron chi connectivity index (χ3n) is 4.38. The van der Waals surface area contributed by atoms with Gasteiger partial charge >= 0.3 is 0 Å². The molecule has 0 aliphatic carbocycles. The number of hydrogen-bond acceptors (Lipinski definition) is 8. The molecule has 0 radical (unpaired) electrons. The molecule has 2 atom stereocenters. The number of fused-ring (bicyclic) bond motifs is 1. The molecule has 1 unspecified atom stereocenters. The maximum Gasteiger partial charge on any atom is 0.259 e. The fraction of sp³-hybridized carbons (Fsp3) is 0.263. The van der Waals surface area contributed by atoms with Crippen molar-refractivity contribution in [1.29, 1.82) is 0 Å². The van der Waals surface area contributed by atoms with Gasteiger partial charge in [0.15, 0.2) is 17.8 Å². The van der Waals surface area contributed by atoms with E-state index >= 15 is 0 Å². The summed E-state index contributed by atoms with van der Waals surface area (Å²) in [7, 11) is 1.61. The number of ether oxygens (including phenoxy) is 1. The Kier molecular flexibility index (Phi) is 5.00. The summed E-state index contributed by atoms with van der Waals surface area (Å²) in [4.78, 5) is 18.3. The Bertz CT molecular complexity index is 962. The van der Waals surface area contributed by atoms with E-state index in [2.05, 4.69) is 20.5 Å². The van der Waals surface area contributed by atoms with Crippen LogP contribution in [0.4, 0.5) is 5.82 Å². The predicted octanol–water partition coefficient (Wildman–Crippen LogP) is 1.06. The number of carbonyl (C=O) groups excluding carboxylic acids is 1. The highest BCUT2D eigenvalue weighted by Crippen LogP contribution is 2.27. The molecule has 1 aliphatic rings. The van der Waals surface area contributed by atoms with Crippen LogP contribution in [0.15, 0.2) is 53.1 Å². The zero-order valence-corrected chi connectivity index (χ0v) is 15.1. The zero-order chi connectivity index (χ0) is 19.5. The van der Waals surface area contributed by atoms with E-state index in [1.54, 1.807) is 25.4 Å². The molecule has 28 heavy (non-hydrogen) atoms. The van der Waals surface area contributed by atoms with E-state index in [0.717, 1.165) is 5.56 Å². The summed E-state index contributed by atoms with van der Waals surface area (Å²) >= 11 is 0. The van der Waals surface area contributed by atoms with Crippen LogP contribution in [0.25, 0.3) is 0 Å². The Labute approximate surface area is 161 Å². The monoisotopic (exact) mass is 381 g/mol. The number of aliphatic hydroxyl groups is 1. The lowest BCUT2D eigenvalue weighted by Gasteiger charge is -2.21. The van der Waals surface area contributed by atoms with Gasteiger partial charge in [-0.1, -0.05) is 30.3 Å². The fourth-order valence-corrected chi connectivity index (χ4v) is 2.93. The number of hydrogen-bond donors (Lipinski definition) is 2. The normalized spacial score (nSPS) is 17.6. The van der Waals surface area contributed by atoms with Crippen LogP contribution >= 0.6 is 0 Å². The summed E-state index contributed by atoms with van der Waals surface area (Å²) in [5, 5.41) is 21.0. The van der Waals surface area contributed by atoms with Crippen molar-refractivity contribution in [1.82, 2.24) is 20.5 Å². The highest BCUT2D eigenvalue weighted by Gasteiger charge is 2.32. The average molecular weight is 381 g/mol. The largest absolute Gasteiger partial charge is 0.488 e. The van der Waals surface area contributed by atoms with Gasteiger partial charge in [-0.15, -0.1) is 10.2 Å². The summed E-state index contributed by atoms with van der Waals surface area (Å²) < 4.78 is 11.2. The van der Waals surface area contributed by atoms with Crippen LogP contribution in [-0.4, -0.2) is 45.9 Å². The Balaban J connectivity index is 1.44. The first-order valence-corrected chi connectivity index (χ1v) is 8.77. The van der Waals surface area contributed by atoms with E-state index in [4.69, 9.17) is 9.15 Å². The first kappa shape index (κ1) is 18.1. The minimum atomic E-state index is -1.31. The smallest absolute Gasteiger partial charge is 0.259 e. The summed E-state index contributed by atoms with van der Waals surface area (Å²) in [6.07, 6.45) is 0.731. The van der Waals surface area contributed by atoms with Crippen LogP contribution in [0, 0.1) is 0 Å². The first-order chi connectivity index (χ1) is 13.6. The third-order valence-corrected chi connectivity index (χ3v) is 4.38. The minimum Gasteiger partial charge on any atom is -0.488 e. The van der Waals surface area contributed by atoms with Crippen LogP contribution in [0.1, 0.15) is 23.6 Å². The second-order valence-corrected chi connectivity index (χ2v) is 6.35. The van der Waals surface area contributed by atoms with E-state index in [-0.39, 0.29) is 18.4 Å². The van der Waals surface area contributed by atoms with Gasteiger partial charge in [0.05, 0.1) is 6.42 Å². The third kappa shape index (κ3) is 3.71. The molecule has 0 saturated carbocycles. The van der Waals surface area contributed by atoms with Gasteiger partial charge in [0.25, 0.3) is 5.89 Å². The SMILES string of the molecule is CN1C(=O)[C@@H](NC(O)c2nnc(Cc3ccccc3)o2)COc2cccnc21. The number of amides is 1. The molecule has 1 amide bonds. The van der Waals surface area contributed by atoms with E-state index in [1.165, 1.54) is 4.90 Å². The standard InChI is InChI=1S/C19H19N5O4/c1-24-16-14(8-5-9-20-16)27-11-13(19(24)26)21-17(25)18-23-22-15(28-18)10-12-6-3-2-4-7-12/h2-9,13,17,21,25H,10-11H2,1H3/t13-,17?/m0/s1. The molecule has 1 aromatic carbocycles. The van der Waals surface area contributed by atoms with Crippen molar-refractivity contribution in [2.45, 2.75) is 18.7 Å². The van der Waals surface area contributed by atoms with Crippen molar-refractivity contribution < 1.29 is 19.1 Å². The number of anilines is 1. The molecule has 0 saturated heterocycles. The molecule has 2 N–H and O–H groups in total. The van der Waals surface area contributed by atoms with Crippen LogP contribution in [0.2, 0.25) is 0 Å². The van der Waals surface area contributed by atoms with Gasteiger partial charge in [-0.25, -0.2) is 4.98 Å². The zero-order valence-electron chi connectivity index (χ0n) is 15.1. The van der Waals surface area contributed by atoms with Gasteiger partial charge in [-0.2, -0.15) is 0 Å².